The van der Waals surface area contributed by atoms with E-state index >= 15 is 0 Å². The van der Waals surface area contributed by atoms with E-state index in [2.05, 4.69) is 10.0 Å². The van der Waals surface area contributed by atoms with E-state index in [-0.39, 0.29) is 17.7 Å². The van der Waals surface area contributed by atoms with Crippen molar-refractivity contribution in [3.63, 3.8) is 0 Å². The highest BCUT2D eigenvalue weighted by molar-refractivity contribution is 7.92. The van der Waals surface area contributed by atoms with Gasteiger partial charge in [-0.2, -0.15) is 0 Å². The molecule has 0 saturated carbocycles. The van der Waals surface area contributed by atoms with Crippen LogP contribution >= 0.6 is 0 Å². The van der Waals surface area contributed by atoms with Crippen LogP contribution in [0.15, 0.2) is 40.8 Å². The molecule has 1 atom stereocenters. The van der Waals surface area contributed by atoms with E-state index in [1.807, 2.05) is 0 Å². The third-order valence-electron chi connectivity index (χ3n) is 3.21. The topological polar surface area (TPSA) is 97.6 Å². The fourth-order valence-electron chi connectivity index (χ4n) is 2.16. The fraction of sp³-hybridized carbons (Fsp3) is 0.312. The first-order valence-electron chi connectivity index (χ1n) is 7.25. The number of methoxy groups -OCH3 is 1. The van der Waals surface area contributed by atoms with Crippen molar-refractivity contribution in [1.82, 2.24) is 5.32 Å². The van der Waals surface area contributed by atoms with Crippen molar-refractivity contribution in [1.29, 1.82) is 0 Å². The molecular weight excluding hydrogens is 332 g/mol. The minimum Gasteiger partial charge on any atom is -0.453 e. The molecule has 1 amide bonds. The molecule has 1 aromatic carbocycles. The maximum Gasteiger partial charge on any atom is 0.287 e. The van der Waals surface area contributed by atoms with Gasteiger partial charge in [0.25, 0.3) is 5.91 Å². The first-order valence-corrected chi connectivity index (χ1v) is 9.14. The summed E-state index contributed by atoms with van der Waals surface area (Å²) < 4.78 is 35.3. The molecule has 0 aliphatic rings. The number of anilines is 1. The van der Waals surface area contributed by atoms with E-state index in [0.717, 1.165) is 11.8 Å². The summed E-state index contributed by atoms with van der Waals surface area (Å²) >= 11 is 0. The number of nitrogens with one attached hydrogen (secondary N) is 2. The van der Waals surface area contributed by atoms with Gasteiger partial charge in [0.2, 0.25) is 10.0 Å². The lowest BCUT2D eigenvalue weighted by atomic mass is 10.1. The normalized spacial score (nSPS) is 12.6. The Morgan fingerprint density at radius 2 is 2.04 bits per heavy atom. The first kappa shape index (κ1) is 18.0. The summed E-state index contributed by atoms with van der Waals surface area (Å²) in [6.07, 6.45) is 1.08. The molecule has 130 valence electrons. The molecule has 2 rings (SSSR count). The molecule has 1 unspecified atom stereocenters. The van der Waals surface area contributed by atoms with Gasteiger partial charge in [-0.3, -0.25) is 9.52 Å². The van der Waals surface area contributed by atoms with Crippen molar-refractivity contribution in [3.05, 3.63) is 53.5 Å². The van der Waals surface area contributed by atoms with Crippen LogP contribution < -0.4 is 10.0 Å². The summed E-state index contributed by atoms with van der Waals surface area (Å²) in [5.41, 5.74) is 1.21. The molecule has 0 aliphatic carbocycles. The molecular formula is C16H20N2O5S. The lowest BCUT2D eigenvalue weighted by Crippen LogP contribution is -2.26. The van der Waals surface area contributed by atoms with E-state index in [0.29, 0.717) is 18.1 Å². The van der Waals surface area contributed by atoms with Gasteiger partial charge in [-0.15, -0.1) is 0 Å². The second-order valence-electron chi connectivity index (χ2n) is 5.39. The van der Waals surface area contributed by atoms with Gasteiger partial charge < -0.3 is 14.5 Å². The lowest BCUT2D eigenvalue weighted by Gasteiger charge is -2.15. The van der Waals surface area contributed by atoms with Crippen LogP contribution in [0.5, 0.6) is 0 Å². The molecule has 0 fully saturated rings. The second kappa shape index (κ2) is 7.50. The number of hydrogen-bond donors (Lipinski definition) is 2. The summed E-state index contributed by atoms with van der Waals surface area (Å²) in [6.45, 7) is 2.10. The zero-order chi connectivity index (χ0) is 17.7. The Bertz CT molecular complexity index is 813. The summed E-state index contributed by atoms with van der Waals surface area (Å²) in [5.74, 6) is 0.403. The summed E-state index contributed by atoms with van der Waals surface area (Å²) in [6, 6.07) is 9.77. The highest BCUT2D eigenvalue weighted by Gasteiger charge is 2.15. The molecule has 1 heterocycles. The smallest absolute Gasteiger partial charge is 0.287 e. The molecule has 0 bridgehead atoms. The third kappa shape index (κ3) is 5.10. The number of furan rings is 1. The van der Waals surface area contributed by atoms with E-state index < -0.39 is 10.0 Å². The van der Waals surface area contributed by atoms with Crippen LogP contribution in [0.1, 0.15) is 34.8 Å². The van der Waals surface area contributed by atoms with E-state index in [4.69, 9.17) is 9.15 Å². The van der Waals surface area contributed by atoms with Gasteiger partial charge in [0.15, 0.2) is 5.76 Å². The van der Waals surface area contributed by atoms with E-state index in [1.165, 1.54) is 0 Å². The molecule has 0 radical (unpaired) electrons. The number of carbonyl (C=O) groups is 1. The SMILES string of the molecule is COCc1ccc(C(=O)NC(C)c2cccc(NS(C)(=O)=O)c2)o1. The quantitative estimate of drug-likeness (QED) is 0.797. The van der Waals surface area contributed by atoms with Crippen molar-refractivity contribution in [2.24, 2.45) is 0 Å². The van der Waals surface area contributed by atoms with Gasteiger partial charge >= 0.3 is 0 Å². The Hall–Kier alpha value is -2.32. The largest absolute Gasteiger partial charge is 0.453 e. The summed E-state index contributed by atoms with van der Waals surface area (Å²) in [5, 5.41) is 2.81. The Labute approximate surface area is 141 Å². The number of sulfonamides is 1. The van der Waals surface area contributed by atoms with Crippen molar-refractivity contribution in [2.45, 2.75) is 19.6 Å². The van der Waals surface area contributed by atoms with Crippen LogP contribution in [-0.2, 0) is 21.4 Å². The van der Waals surface area contributed by atoms with Crippen LogP contribution in [0.3, 0.4) is 0 Å². The summed E-state index contributed by atoms with van der Waals surface area (Å²) in [4.78, 5) is 12.2. The minimum absolute atomic E-state index is 0.194. The number of ether oxygens (including phenoxy) is 1. The Morgan fingerprint density at radius 3 is 2.71 bits per heavy atom. The second-order valence-corrected chi connectivity index (χ2v) is 7.14. The van der Waals surface area contributed by atoms with Crippen LogP contribution in [-0.4, -0.2) is 27.7 Å². The van der Waals surface area contributed by atoms with Gasteiger partial charge in [0.05, 0.1) is 12.3 Å². The predicted molar refractivity (Wildman–Crippen MR) is 90.2 cm³/mol. The van der Waals surface area contributed by atoms with Gasteiger partial charge in [0, 0.05) is 12.8 Å². The van der Waals surface area contributed by atoms with Crippen molar-refractivity contribution >= 4 is 21.6 Å². The molecule has 24 heavy (non-hydrogen) atoms. The summed E-state index contributed by atoms with van der Waals surface area (Å²) in [7, 11) is -1.81. The van der Waals surface area contributed by atoms with Gasteiger partial charge in [-0.1, -0.05) is 12.1 Å². The lowest BCUT2D eigenvalue weighted by molar-refractivity contribution is 0.0903. The first-order chi connectivity index (χ1) is 11.3. The predicted octanol–water partition coefficient (Wildman–Crippen LogP) is 2.29. The molecule has 7 nitrogen and oxygen atoms in total. The number of hydrogen-bond acceptors (Lipinski definition) is 5. The Balaban J connectivity index is 2.07. The van der Waals surface area contributed by atoms with Crippen molar-refractivity contribution in [3.8, 4) is 0 Å². The van der Waals surface area contributed by atoms with Crippen LogP contribution in [0.25, 0.3) is 0 Å². The van der Waals surface area contributed by atoms with Crippen molar-refractivity contribution in [2.75, 3.05) is 18.1 Å². The van der Waals surface area contributed by atoms with Crippen LogP contribution in [0.2, 0.25) is 0 Å². The molecule has 0 spiro atoms. The zero-order valence-corrected chi connectivity index (χ0v) is 14.5. The molecule has 0 aliphatic heterocycles. The van der Waals surface area contributed by atoms with Crippen molar-refractivity contribution < 1.29 is 22.4 Å². The standard InChI is InChI=1S/C16H20N2O5S/c1-11(12-5-4-6-13(9-12)18-24(3,20)21)17-16(19)15-8-7-14(23-15)10-22-2/h4-9,11,18H,10H2,1-3H3,(H,17,19). The molecule has 1 aromatic heterocycles. The van der Waals surface area contributed by atoms with Crippen LogP contribution in [0.4, 0.5) is 5.69 Å². The maximum atomic E-state index is 12.2. The maximum absolute atomic E-state index is 12.2. The van der Waals surface area contributed by atoms with Crippen LogP contribution in [0, 0.1) is 0 Å². The number of rotatable bonds is 7. The number of benzene rings is 1. The number of amides is 1. The highest BCUT2D eigenvalue weighted by Crippen LogP contribution is 2.19. The zero-order valence-electron chi connectivity index (χ0n) is 13.7. The average molecular weight is 352 g/mol. The highest BCUT2D eigenvalue weighted by atomic mass is 32.2. The average Bonchev–Trinajstić information content (AvgIpc) is 2.95. The third-order valence-corrected chi connectivity index (χ3v) is 3.82. The monoisotopic (exact) mass is 352 g/mol. The molecule has 8 heteroatoms. The molecule has 0 saturated heterocycles. The Kier molecular flexibility index (Phi) is 5.63. The number of carbonyl (C=O) groups excluding carboxylic acids is 1. The van der Waals surface area contributed by atoms with E-state index in [9.17, 15) is 13.2 Å². The Morgan fingerprint density at radius 1 is 1.29 bits per heavy atom. The van der Waals surface area contributed by atoms with Gasteiger partial charge in [-0.25, -0.2) is 8.42 Å². The molecule has 2 N–H and O–H groups in total. The van der Waals surface area contributed by atoms with Gasteiger partial charge in [-0.05, 0) is 36.8 Å². The van der Waals surface area contributed by atoms with E-state index in [1.54, 1.807) is 50.4 Å². The fourth-order valence-corrected chi connectivity index (χ4v) is 2.71. The minimum atomic E-state index is -3.35. The molecule has 2 aromatic rings. The van der Waals surface area contributed by atoms with Gasteiger partial charge in [0.1, 0.15) is 12.4 Å².